The van der Waals surface area contributed by atoms with Gasteiger partial charge in [0.05, 0.1) is 34.2 Å². The molecule has 5 heterocycles. The quantitative estimate of drug-likeness (QED) is 0.174. The summed E-state index contributed by atoms with van der Waals surface area (Å²) in [7, 11) is 0. The van der Waals surface area contributed by atoms with E-state index in [1.165, 1.54) is 44.5 Å². The average molecular weight is 1100 g/mol. The van der Waals surface area contributed by atoms with Crippen LogP contribution in [0.4, 0.5) is 0 Å². The van der Waals surface area contributed by atoms with Crippen LogP contribution in [-0.4, -0.2) is 22.1 Å². The Morgan fingerprint density at radius 3 is 0.877 bits per heavy atom. The molecule has 5 heteroatoms. The Bertz CT molecular complexity index is 3560. The Labute approximate surface area is 493 Å². The molecule has 0 saturated carbocycles. The van der Waals surface area contributed by atoms with Crippen molar-refractivity contribution in [2.24, 2.45) is 15.0 Å². The van der Waals surface area contributed by atoms with E-state index in [2.05, 4.69) is 293 Å². The van der Waals surface area contributed by atoms with E-state index in [1.54, 1.807) is 0 Å². The van der Waals surface area contributed by atoms with Gasteiger partial charge in [-0.15, -0.1) is 11.6 Å². The molecule has 0 fully saturated rings. The molecule has 4 aliphatic heterocycles. The lowest BCUT2D eigenvalue weighted by atomic mass is 9.76. The van der Waals surface area contributed by atoms with Crippen molar-refractivity contribution in [2.45, 2.75) is 214 Å². The Hall–Kier alpha value is -6.10. The molecule has 0 radical (unpaired) electrons. The molecule has 8 bridgehead atoms. The number of aliphatic imine (C=N–C) groups is 3. The van der Waals surface area contributed by atoms with Gasteiger partial charge in [-0.1, -0.05) is 239 Å². The predicted octanol–water partition coefficient (Wildman–Crippen LogP) is 20.5. The zero-order chi connectivity index (χ0) is 59.7. The molecule has 1 atom stereocenters. The maximum absolute atomic E-state index is 8.72. The summed E-state index contributed by atoms with van der Waals surface area (Å²) in [5.74, 6) is 0. The Balaban J connectivity index is 1.48. The minimum atomic E-state index is -1.31. The molecule has 424 valence electrons. The van der Waals surface area contributed by atoms with Gasteiger partial charge in [-0.2, -0.15) is 0 Å². The van der Waals surface area contributed by atoms with E-state index in [-0.39, 0.29) is 43.3 Å². The zero-order valence-electron chi connectivity index (χ0n) is 53.8. The maximum Gasteiger partial charge on any atom is 0.153 e. The van der Waals surface area contributed by atoms with E-state index in [9.17, 15) is 0 Å². The number of rotatable bonds is 4. The topological polar surface area (TPSA) is 52.9 Å². The summed E-state index contributed by atoms with van der Waals surface area (Å²) in [6, 6.07) is 33.0. The summed E-state index contributed by atoms with van der Waals surface area (Å²) < 4.78 is 0. The molecule has 4 aromatic carbocycles. The van der Waals surface area contributed by atoms with Crippen LogP contribution in [0.3, 0.4) is 0 Å². The number of benzene rings is 4. The number of fused-ring (bicyclic) bond motifs is 5. The first-order chi connectivity index (χ1) is 37.0. The second kappa shape index (κ2) is 19.8. The van der Waals surface area contributed by atoms with Crippen molar-refractivity contribution in [3.63, 3.8) is 0 Å². The van der Waals surface area contributed by atoms with Crippen molar-refractivity contribution in [1.29, 1.82) is 0 Å². The third-order valence-corrected chi connectivity index (χ3v) is 17.4. The molecule has 1 unspecified atom stereocenters. The van der Waals surface area contributed by atoms with Gasteiger partial charge in [-0.3, -0.25) is 9.98 Å². The molecule has 0 amide bonds. The van der Waals surface area contributed by atoms with Crippen LogP contribution in [0.25, 0.3) is 16.7 Å². The molecule has 0 aliphatic carbocycles. The first kappa shape index (κ1) is 59.5. The van der Waals surface area contributed by atoms with Gasteiger partial charge in [0, 0.05) is 28.1 Å². The maximum atomic E-state index is 8.72. The highest BCUT2D eigenvalue weighted by molar-refractivity contribution is 6.52. The number of nitrogens with one attached hydrogen (secondary N) is 1. The van der Waals surface area contributed by atoms with Gasteiger partial charge in [0.2, 0.25) is 0 Å². The Morgan fingerprint density at radius 1 is 0.309 bits per heavy atom. The number of allylic oxidation sites excluding steroid dienone is 7. The molecular weight excluding hydrogens is 1000 g/mol. The minimum absolute atomic E-state index is 0.115. The van der Waals surface area contributed by atoms with Gasteiger partial charge in [0.25, 0.3) is 0 Å². The molecule has 1 aromatic heterocycles. The van der Waals surface area contributed by atoms with Gasteiger partial charge < -0.3 is 4.98 Å². The van der Waals surface area contributed by atoms with E-state index >= 15 is 0 Å². The molecule has 9 rings (SSSR count). The van der Waals surface area contributed by atoms with Gasteiger partial charge in [0.1, 0.15) is 0 Å². The lowest BCUT2D eigenvalue weighted by Crippen LogP contribution is -2.36. The Morgan fingerprint density at radius 2 is 0.568 bits per heavy atom. The fraction of sp³-hybridized carbons (Fsp3) is 0.434. The molecule has 4 aliphatic rings. The second-order valence-electron chi connectivity index (χ2n) is 31.9. The Kier molecular flexibility index (Phi) is 14.5. The summed E-state index contributed by atoms with van der Waals surface area (Å²) in [6.45, 7) is 55.3. The molecule has 0 spiro atoms. The fourth-order valence-corrected chi connectivity index (χ4v) is 11.4. The van der Waals surface area contributed by atoms with Crippen LogP contribution in [0.1, 0.15) is 244 Å². The number of aromatic amines is 1. The minimum Gasteiger partial charge on any atom is -0.354 e. The number of H-pyrrole nitrogens is 1. The number of hydrogen-bond acceptors (Lipinski definition) is 3. The van der Waals surface area contributed by atoms with Crippen molar-refractivity contribution in [3.8, 4) is 0 Å². The summed E-state index contributed by atoms with van der Waals surface area (Å²) in [5.41, 5.74) is 22.9. The van der Waals surface area contributed by atoms with Crippen molar-refractivity contribution in [1.82, 2.24) is 4.98 Å². The first-order valence-electron chi connectivity index (χ1n) is 29.6. The highest BCUT2D eigenvalue weighted by Gasteiger charge is 2.44. The van der Waals surface area contributed by atoms with E-state index < -0.39 is 4.87 Å². The average Bonchev–Trinajstić information content (AvgIpc) is 4.21. The van der Waals surface area contributed by atoms with Crippen molar-refractivity contribution in [3.05, 3.63) is 217 Å². The number of hydrogen-bond donors (Lipinski definition) is 1. The van der Waals surface area contributed by atoms with E-state index in [1.807, 2.05) is 0 Å². The van der Waals surface area contributed by atoms with Crippen molar-refractivity contribution in [2.75, 3.05) is 0 Å². The third kappa shape index (κ3) is 11.8. The van der Waals surface area contributed by atoms with Gasteiger partial charge in [-0.05, 0) is 159 Å². The lowest BCUT2D eigenvalue weighted by molar-refractivity contribution is 0.566. The number of aromatic nitrogens is 1. The molecule has 4 nitrogen and oxygen atoms in total. The van der Waals surface area contributed by atoms with Crippen LogP contribution in [0.2, 0.25) is 0 Å². The second-order valence-corrected chi connectivity index (χ2v) is 32.5. The van der Waals surface area contributed by atoms with Crippen LogP contribution in [0.15, 0.2) is 153 Å². The molecule has 81 heavy (non-hydrogen) atoms. The van der Waals surface area contributed by atoms with E-state index in [0.29, 0.717) is 5.71 Å². The molecule has 5 aromatic rings. The summed E-state index contributed by atoms with van der Waals surface area (Å²) in [6.07, 6.45) is 13.1. The van der Waals surface area contributed by atoms with E-state index in [4.69, 9.17) is 26.6 Å². The standard InChI is InChI=1S/C76H93ClN4/c1-68(2,3)48-33-45(34-49(39-48)69(4,5)6)65-57-25-27-59(78-57)66(46-35-50(70(7,8)9)40-51(36-46)71(10,11)12)61-29-31-63(80-61)76(77,56-43-54(74(19,20)21)42-55(44-56)75(22,23)24)64-32-30-62(81-64)67(60-28-26-58(65)79-60)47-37-52(72(13,14)15)41-53(38-47)73(16,17)18/h25-44,78H,1-24H3/b65-58-,66-61-,67-62-. The van der Waals surface area contributed by atoms with Gasteiger partial charge in [0.15, 0.2) is 4.87 Å². The highest BCUT2D eigenvalue weighted by atomic mass is 35.5. The van der Waals surface area contributed by atoms with Crippen LogP contribution < -0.4 is 0 Å². The SMILES string of the molecule is CC(C)(C)c1cc(/C2=C3\C=CC(=N3)C(Cl)(c3cc(C(C)(C)C)cc(C(C)(C)C)c3)C3=N/C(=C(/c4cc(C(C)(C)C)cc(C(C)(C)C)c4)c4ccc([nH]4)/C(c4cc(C(C)(C)C)cc(C(C)(C)C)c4)=C4/C=CC2=N4)C=C3)cc(C(C)(C)C)c1. The fourth-order valence-electron chi connectivity index (χ4n) is 11.1. The smallest absolute Gasteiger partial charge is 0.153 e. The monoisotopic (exact) mass is 1100 g/mol. The zero-order valence-corrected chi connectivity index (χ0v) is 54.5. The predicted molar refractivity (Wildman–Crippen MR) is 352 cm³/mol. The molecular formula is C76H93ClN4. The largest absolute Gasteiger partial charge is 0.354 e. The van der Waals surface area contributed by atoms with Gasteiger partial charge >= 0.3 is 0 Å². The molecule has 0 saturated heterocycles. The van der Waals surface area contributed by atoms with Crippen molar-refractivity contribution >= 4 is 45.5 Å². The van der Waals surface area contributed by atoms with E-state index in [0.717, 1.165) is 78.9 Å². The van der Waals surface area contributed by atoms with Gasteiger partial charge in [-0.25, -0.2) is 4.99 Å². The summed E-state index contributed by atoms with van der Waals surface area (Å²) in [5, 5.41) is 0. The van der Waals surface area contributed by atoms with Crippen LogP contribution in [0.5, 0.6) is 0 Å². The highest BCUT2D eigenvalue weighted by Crippen LogP contribution is 2.47. The van der Waals surface area contributed by atoms with Crippen LogP contribution in [0, 0.1) is 0 Å². The normalized spacial score (nSPS) is 21.1. The molecule has 1 N–H and O–H groups in total. The lowest BCUT2D eigenvalue weighted by Gasteiger charge is -2.32. The van der Waals surface area contributed by atoms with Crippen LogP contribution >= 0.6 is 11.6 Å². The number of nitrogens with zero attached hydrogens (tertiary/aromatic N) is 3. The third-order valence-electron chi connectivity index (χ3n) is 16.8. The van der Waals surface area contributed by atoms with Crippen LogP contribution in [-0.2, 0) is 48.2 Å². The first-order valence-corrected chi connectivity index (χ1v) is 30.0. The summed E-state index contributed by atoms with van der Waals surface area (Å²) >= 11 is 8.72. The van der Waals surface area contributed by atoms with Crippen molar-refractivity contribution < 1.29 is 0 Å². The summed E-state index contributed by atoms with van der Waals surface area (Å²) in [4.78, 5) is 20.3. The number of halogens is 1. The number of alkyl halides is 1.